The molecule has 25 heteroatoms. The molecule has 0 saturated carbocycles. The van der Waals surface area contributed by atoms with E-state index in [9.17, 15) is 35.1 Å². The van der Waals surface area contributed by atoms with Gasteiger partial charge in [-0.25, -0.2) is 100 Å². The van der Waals surface area contributed by atoms with E-state index in [1.54, 1.807) is 0 Å². The van der Waals surface area contributed by atoms with Gasteiger partial charge in [-0.1, -0.05) is 0 Å². The number of halogens is 16. The van der Waals surface area contributed by atoms with Gasteiger partial charge >= 0.3 is 19.5 Å². The maximum atomic E-state index is 15.4. The molecule has 2 aliphatic rings. The van der Waals surface area contributed by atoms with Crippen molar-refractivity contribution < 1.29 is 89.7 Å². The molecule has 0 aliphatic carbocycles. The molecule has 3 aromatic heterocycles. The first-order chi connectivity index (χ1) is 26.4. The zero-order valence-electron chi connectivity index (χ0n) is 26.4. The van der Waals surface area contributed by atoms with Crippen LogP contribution in [0.3, 0.4) is 0 Å². The normalized spacial score (nSPS) is 12.1. The van der Waals surface area contributed by atoms with Crippen LogP contribution in [0, 0.1) is 93.1 Å². The van der Waals surface area contributed by atoms with Gasteiger partial charge in [0.05, 0.1) is 43.8 Å². The summed E-state index contributed by atoms with van der Waals surface area (Å²) in [7, 11) is 0. The van der Waals surface area contributed by atoms with Gasteiger partial charge in [-0.2, -0.15) is 0 Å². The molecule has 7 aromatic rings. The molecular weight excluding hydrogens is 866 g/mol. The number of aromatic nitrogens is 8. The number of hydrogen-bond acceptors (Lipinski definition) is 6. The summed E-state index contributed by atoms with van der Waals surface area (Å²) in [5, 5.41) is -5.83. The van der Waals surface area contributed by atoms with E-state index >= 15 is 35.1 Å². The van der Waals surface area contributed by atoms with Crippen LogP contribution in [-0.4, -0.2) is 39.9 Å². The van der Waals surface area contributed by atoms with E-state index in [0.29, 0.717) is 0 Å². The molecule has 2 aliphatic heterocycles. The van der Waals surface area contributed by atoms with E-state index in [1.807, 2.05) is 9.97 Å². The summed E-state index contributed by atoms with van der Waals surface area (Å²) in [6, 6.07) is 0. The van der Waals surface area contributed by atoms with E-state index in [-0.39, 0.29) is 19.5 Å². The zero-order chi connectivity index (χ0) is 40.1. The number of nitrogens with zero attached hydrogens (tertiary/aromatic N) is 6. The van der Waals surface area contributed by atoms with Crippen molar-refractivity contribution in [3.63, 3.8) is 0 Å². The van der Waals surface area contributed by atoms with Crippen molar-refractivity contribution in [2.45, 2.75) is 0 Å². The largest absolute Gasteiger partial charge is 2.00 e. The average Bonchev–Trinajstić information content (AvgIpc) is 3.92. The molecule has 0 amide bonds. The van der Waals surface area contributed by atoms with Crippen molar-refractivity contribution in [1.82, 2.24) is 39.9 Å². The number of aromatic amines is 2. The standard InChI is InChI=1S/C32H2F16N8.Zn/c33-9-1-2(10(34)18(42)17(9)41)26-49-25(1)53-27-3-4(12(36)20(44)19(43)11(3)35)29(50-27)55-31-7-8(16(40)24(48)23(47)15(7)39)32(52-31)56-30-6-5(28(51-30)54-26)13(37)21(45)22(46)14(6)38;/h(H2,49,50,51,52,53,54,55,56);/q;+2. The molecule has 0 unspecified atom stereocenters. The van der Waals surface area contributed by atoms with Gasteiger partial charge in [0.2, 0.25) is 0 Å². The number of H-pyrrole nitrogens is 2. The van der Waals surface area contributed by atoms with E-state index in [2.05, 4.69) is 29.9 Å². The molecule has 2 N–H and O–H groups in total. The molecule has 0 atom stereocenters. The summed E-state index contributed by atoms with van der Waals surface area (Å²) in [6.07, 6.45) is 0. The molecule has 0 radical (unpaired) electrons. The minimum absolute atomic E-state index is 0. The van der Waals surface area contributed by atoms with Crippen LogP contribution >= 0.6 is 0 Å². The molecule has 9 rings (SSSR count). The molecule has 8 nitrogen and oxygen atoms in total. The fourth-order valence-corrected chi connectivity index (χ4v) is 6.24. The minimum atomic E-state index is -2.53. The molecule has 5 heterocycles. The number of nitrogens with one attached hydrogen (secondary N) is 2. The molecule has 4 aromatic carbocycles. The van der Waals surface area contributed by atoms with E-state index < -0.39 is 183 Å². The Hall–Kier alpha value is -6.26. The molecule has 0 fully saturated rings. The average molecular weight is 868 g/mol. The van der Waals surface area contributed by atoms with Gasteiger partial charge in [0, 0.05) is 0 Å². The molecule has 57 heavy (non-hydrogen) atoms. The van der Waals surface area contributed by atoms with Gasteiger partial charge in [0.15, 0.2) is 116 Å². The van der Waals surface area contributed by atoms with Gasteiger partial charge in [-0.15, -0.1) is 0 Å². The van der Waals surface area contributed by atoms with Crippen LogP contribution in [0.2, 0.25) is 0 Å². The zero-order valence-corrected chi connectivity index (χ0v) is 29.4. The smallest absolute Gasteiger partial charge is 0.324 e. The predicted molar refractivity (Wildman–Crippen MR) is 155 cm³/mol. The van der Waals surface area contributed by atoms with Crippen LogP contribution in [0.1, 0.15) is 0 Å². The SMILES string of the molecule is Fc1c(F)c(F)c2c(c1F)-c1nc-2nc2[nH]c(nc3nc(nc4[nH]c(n1)c1c(F)c(F)c(F)c(F)c41)-c1c(F)c(F)c(F)c(F)c1-3)c1c(F)c(F)c(F)c(F)c21.[Zn+2]. The topological polar surface area (TPSA) is 109 Å². The molecule has 0 spiro atoms. The van der Waals surface area contributed by atoms with Gasteiger partial charge < -0.3 is 9.97 Å². The van der Waals surface area contributed by atoms with Crippen LogP contribution in [0.25, 0.3) is 89.7 Å². The third-order valence-electron chi connectivity index (χ3n) is 8.68. The van der Waals surface area contributed by atoms with Gasteiger partial charge in [0.1, 0.15) is 22.6 Å². The Morgan fingerprint density at radius 1 is 0.228 bits per heavy atom. The Balaban J connectivity index is 0.00000455. The number of benzene rings is 4. The van der Waals surface area contributed by atoms with E-state index in [0.717, 1.165) is 0 Å². The van der Waals surface area contributed by atoms with Crippen molar-refractivity contribution in [2.75, 3.05) is 0 Å². The summed E-state index contributed by atoms with van der Waals surface area (Å²) >= 11 is 0. The van der Waals surface area contributed by atoms with Crippen molar-refractivity contribution in [3.05, 3.63) is 93.1 Å². The second-order valence-electron chi connectivity index (χ2n) is 11.6. The Kier molecular flexibility index (Phi) is 8.17. The number of rotatable bonds is 0. The second kappa shape index (κ2) is 12.4. The van der Waals surface area contributed by atoms with Crippen LogP contribution in [0.4, 0.5) is 70.2 Å². The van der Waals surface area contributed by atoms with Crippen molar-refractivity contribution in [1.29, 1.82) is 0 Å². The fourth-order valence-electron chi connectivity index (χ4n) is 6.24. The maximum absolute atomic E-state index is 15.4. The minimum Gasteiger partial charge on any atom is -0.324 e. The van der Waals surface area contributed by atoms with Gasteiger partial charge in [-0.3, -0.25) is 0 Å². The predicted octanol–water partition coefficient (Wildman–Crippen LogP) is 9.09. The third kappa shape index (κ3) is 4.80. The first kappa shape index (κ1) is 37.7. The maximum Gasteiger partial charge on any atom is 2.00 e. The molecule has 282 valence electrons. The monoisotopic (exact) mass is 866 g/mol. The third-order valence-corrected chi connectivity index (χ3v) is 8.68. The van der Waals surface area contributed by atoms with Crippen molar-refractivity contribution in [3.8, 4) is 45.6 Å². The first-order valence-electron chi connectivity index (χ1n) is 14.7. The van der Waals surface area contributed by atoms with E-state index in [1.165, 1.54) is 0 Å². The Morgan fingerprint density at radius 2 is 0.404 bits per heavy atom. The Morgan fingerprint density at radius 3 is 0.596 bits per heavy atom. The first-order valence-corrected chi connectivity index (χ1v) is 14.7. The van der Waals surface area contributed by atoms with Crippen LogP contribution < -0.4 is 0 Å². The Labute approximate surface area is 312 Å². The van der Waals surface area contributed by atoms with Gasteiger partial charge in [0.25, 0.3) is 0 Å². The molecule has 8 bridgehead atoms. The van der Waals surface area contributed by atoms with Gasteiger partial charge in [-0.05, 0) is 0 Å². The quantitative estimate of drug-likeness (QED) is 0.0682. The van der Waals surface area contributed by atoms with Crippen LogP contribution in [-0.2, 0) is 19.5 Å². The van der Waals surface area contributed by atoms with Crippen LogP contribution in [0.5, 0.6) is 0 Å². The fraction of sp³-hybridized carbons (Fsp3) is 0. The second-order valence-corrected chi connectivity index (χ2v) is 11.6. The van der Waals surface area contributed by atoms with Crippen molar-refractivity contribution in [2.24, 2.45) is 0 Å². The summed E-state index contributed by atoms with van der Waals surface area (Å²) in [5.41, 5.74) is -11.1. The van der Waals surface area contributed by atoms with Crippen LogP contribution in [0.15, 0.2) is 0 Å². The summed E-state index contributed by atoms with van der Waals surface area (Å²) in [6.45, 7) is 0. The van der Waals surface area contributed by atoms with E-state index in [4.69, 9.17) is 0 Å². The number of fused-ring (bicyclic) bond motifs is 20. The summed E-state index contributed by atoms with van der Waals surface area (Å²) in [5.74, 6) is -44.2. The summed E-state index contributed by atoms with van der Waals surface area (Å²) in [4.78, 5) is 25.5. The molecular formula is C32H2F16N8Zn+2. The Bertz CT molecular complexity index is 2820. The molecule has 0 saturated heterocycles. The summed E-state index contributed by atoms with van der Waals surface area (Å²) < 4.78 is 240. The number of hydrogen-bond donors (Lipinski definition) is 2. The van der Waals surface area contributed by atoms with Crippen molar-refractivity contribution >= 4 is 44.1 Å².